The first-order chi connectivity index (χ1) is 9.41. The van der Waals surface area contributed by atoms with Crippen LogP contribution in [0.2, 0.25) is 5.15 Å². The van der Waals surface area contributed by atoms with Crippen molar-refractivity contribution in [2.45, 2.75) is 6.54 Å². The quantitative estimate of drug-likeness (QED) is 0.873. The second kappa shape index (κ2) is 5.41. The molecule has 106 valence electrons. The van der Waals surface area contributed by atoms with Crippen molar-refractivity contribution in [1.29, 1.82) is 0 Å². The summed E-state index contributed by atoms with van der Waals surface area (Å²) < 4.78 is 15.4. The molecule has 0 saturated carbocycles. The molecule has 0 bridgehead atoms. The minimum Gasteiger partial charge on any atom is -0.465 e. The Hall–Kier alpha value is -2.22. The summed E-state index contributed by atoms with van der Waals surface area (Å²) in [6.07, 6.45) is 0.241. The van der Waals surface area contributed by atoms with E-state index in [0.29, 0.717) is 5.69 Å². The SMILES string of the molecule is CN(Cc1c(-c2ccnc(Cl)c2F)nnn1C)C(=O)O. The summed E-state index contributed by atoms with van der Waals surface area (Å²) in [6.45, 7) is 0.0214. The molecular formula is C11H11ClFN5O2. The van der Waals surface area contributed by atoms with Crippen molar-refractivity contribution in [3.63, 3.8) is 0 Å². The fourth-order valence-electron chi connectivity index (χ4n) is 1.66. The highest BCUT2D eigenvalue weighted by molar-refractivity contribution is 6.29. The Bertz CT molecular complexity index is 660. The lowest BCUT2D eigenvalue weighted by molar-refractivity contribution is 0.153. The van der Waals surface area contributed by atoms with Crippen LogP contribution in [0.25, 0.3) is 11.3 Å². The molecular weight excluding hydrogens is 289 g/mol. The Labute approximate surface area is 118 Å². The molecule has 0 fully saturated rings. The van der Waals surface area contributed by atoms with Gasteiger partial charge in [-0.25, -0.2) is 18.9 Å². The average Bonchev–Trinajstić information content (AvgIpc) is 2.74. The van der Waals surface area contributed by atoms with Crippen LogP contribution in [0.3, 0.4) is 0 Å². The van der Waals surface area contributed by atoms with E-state index in [2.05, 4.69) is 15.3 Å². The highest BCUT2D eigenvalue weighted by Crippen LogP contribution is 2.27. The van der Waals surface area contributed by atoms with Crippen molar-refractivity contribution >= 4 is 17.7 Å². The molecule has 0 aromatic carbocycles. The van der Waals surface area contributed by atoms with Gasteiger partial charge in [-0.05, 0) is 6.07 Å². The number of carbonyl (C=O) groups is 1. The van der Waals surface area contributed by atoms with Crippen LogP contribution in [0.1, 0.15) is 5.69 Å². The Balaban J connectivity index is 2.48. The molecule has 2 aromatic heterocycles. The highest BCUT2D eigenvalue weighted by atomic mass is 35.5. The van der Waals surface area contributed by atoms with Gasteiger partial charge in [0.05, 0.1) is 12.2 Å². The third-order valence-electron chi connectivity index (χ3n) is 2.76. The molecule has 2 rings (SSSR count). The Morgan fingerprint density at radius 3 is 2.95 bits per heavy atom. The number of aromatic nitrogens is 4. The van der Waals surface area contributed by atoms with Crippen molar-refractivity contribution < 1.29 is 14.3 Å². The van der Waals surface area contributed by atoms with Crippen molar-refractivity contribution in [1.82, 2.24) is 24.9 Å². The van der Waals surface area contributed by atoms with Gasteiger partial charge >= 0.3 is 6.09 Å². The van der Waals surface area contributed by atoms with Crippen LogP contribution >= 0.6 is 11.6 Å². The summed E-state index contributed by atoms with van der Waals surface area (Å²) in [5.41, 5.74) is 0.824. The average molecular weight is 300 g/mol. The fourth-order valence-corrected chi connectivity index (χ4v) is 1.81. The van der Waals surface area contributed by atoms with E-state index in [-0.39, 0.29) is 23.0 Å². The predicted octanol–water partition coefficient (Wildman–Crippen LogP) is 1.78. The zero-order chi connectivity index (χ0) is 14.9. The second-order valence-corrected chi connectivity index (χ2v) is 4.47. The highest BCUT2D eigenvalue weighted by Gasteiger charge is 2.20. The van der Waals surface area contributed by atoms with Crippen LogP contribution in [0.5, 0.6) is 0 Å². The van der Waals surface area contributed by atoms with Gasteiger partial charge in [0.25, 0.3) is 0 Å². The first-order valence-electron chi connectivity index (χ1n) is 5.54. The first-order valence-corrected chi connectivity index (χ1v) is 5.92. The molecule has 0 radical (unpaired) electrons. The number of hydrogen-bond donors (Lipinski definition) is 1. The van der Waals surface area contributed by atoms with Gasteiger partial charge < -0.3 is 10.0 Å². The monoisotopic (exact) mass is 299 g/mol. The molecule has 2 aromatic rings. The zero-order valence-corrected chi connectivity index (χ0v) is 11.5. The summed E-state index contributed by atoms with van der Waals surface area (Å²) in [7, 11) is 3.00. The van der Waals surface area contributed by atoms with Gasteiger partial charge in [0, 0.05) is 25.9 Å². The number of aryl methyl sites for hydroxylation is 1. The number of carboxylic acid groups (broad SMARTS) is 1. The van der Waals surface area contributed by atoms with Crippen LogP contribution in [-0.4, -0.2) is 43.1 Å². The topological polar surface area (TPSA) is 84.1 Å². The molecule has 0 aliphatic rings. The van der Waals surface area contributed by atoms with Gasteiger partial charge in [-0.1, -0.05) is 16.8 Å². The molecule has 0 spiro atoms. The standard InChI is InChI=1S/C11H11ClFN5O2/c1-17(11(19)20)5-7-9(15-16-18(7)2)6-3-4-14-10(12)8(6)13/h3-4H,5H2,1-2H3,(H,19,20). The molecule has 0 atom stereocenters. The normalized spacial score (nSPS) is 10.6. The first kappa shape index (κ1) is 14.2. The zero-order valence-electron chi connectivity index (χ0n) is 10.7. The van der Waals surface area contributed by atoms with Crippen molar-refractivity contribution in [3.05, 3.63) is 28.9 Å². The van der Waals surface area contributed by atoms with Gasteiger partial charge in [-0.2, -0.15) is 0 Å². The second-order valence-electron chi connectivity index (χ2n) is 4.11. The lowest BCUT2D eigenvalue weighted by atomic mass is 10.1. The Morgan fingerprint density at radius 1 is 1.60 bits per heavy atom. The Morgan fingerprint density at radius 2 is 2.30 bits per heavy atom. The van der Waals surface area contributed by atoms with Crippen molar-refractivity contribution in [3.8, 4) is 11.3 Å². The molecule has 7 nitrogen and oxygen atoms in total. The molecule has 0 aliphatic carbocycles. The Kier molecular flexibility index (Phi) is 3.84. The number of rotatable bonds is 3. The van der Waals surface area contributed by atoms with E-state index < -0.39 is 11.9 Å². The predicted molar refractivity (Wildman–Crippen MR) is 68.7 cm³/mol. The lowest BCUT2D eigenvalue weighted by Gasteiger charge is -2.13. The summed E-state index contributed by atoms with van der Waals surface area (Å²) >= 11 is 5.63. The molecule has 2 heterocycles. The van der Waals surface area contributed by atoms with E-state index in [9.17, 15) is 9.18 Å². The van der Waals surface area contributed by atoms with E-state index in [1.165, 1.54) is 24.0 Å². The smallest absolute Gasteiger partial charge is 0.407 e. The number of halogens is 2. The molecule has 20 heavy (non-hydrogen) atoms. The summed E-state index contributed by atoms with van der Waals surface area (Å²) in [6, 6.07) is 1.41. The van der Waals surface area contributed by atoms with Gasteiger partial charge in [-0.15, -0.1) is 5.10 Å². The van der Waals surface area contributed by atoms with Crippen LogP contribution < -0.4 is 0 Å². The van der Waals surface area contributed by atoms with Gasteiger partial charge in [0.1, 0.15) is 5.69 Å². The molecule has 1 amide bonds. The van der Waals surface area contributed by atoms with Crippen LogP contribution in [0, 0.1) is 5.82 Å². The number of amides is 1. The maximum Gasteiger partial charge on any atom is 0.407 e. The number of hydrogen-bond acceptors (Lipinski definition) is 4. The minimum absolute atomic E-state index is 0.0214. The van der Waals surface area contributed by atoms with Gasteiger partial charge in [0.2, 0.25) is 0 Å². The van der Waals surface area contributed by atoms with E-state index in [1.54, 1.807) is 7.05 Å². The summed E-state index contributed by atoms with van der Waals surface area (Å²) in [5.74, 6) is -0.714. The van der Waals surface area contributed by atoms with Crippen molar-refractivity contribution in [2.24, 2.45) is 7.05 Å². The van der Waals surface area contributed by atoms with E-state index in [0.717, 1.165) is 4.90 Å². The van der Waals surface area contributed by atoms with Crippen LogP contribution in [0.4, 0.5) is 9.18 Å². The molecule has 9 heteroatoms. The molecule has 0 unspecified atom stereocenters. The lowest BCUT2D eigenvalue weighted by Crippen LogP contribution is -2.25. The third-order valence-corrected chi connectivity index (χ3v) is 3.02. The molecule has 0 aliphatic heterocycles. The van der Waals surface area contributed by atoms with Gasteiger partial charge in [0.15, 0.2) is 11.0 Å². The van der Waals surface area contributed by atoms with Crippen LogP contribution in [-0.2, 0) is 13.6 Å². The molecule has 0 saturated heterocycles. The molecule has 1 N–H and O–H groups in total. The maximum atomic E-state index is 14.0. The summed E-state index contributed by atoms with van der Waals surface area (Å²) in [5, 5.41) is 16.3. The number of pyridine rings is 1. The van der Waals surface area contributed by atoms with Crippen molar-refractivity contribution in [2.75, 3.05) is 7.05 Å². The van der Waals surface area contributed by atoms with E-state index in [1.807, 2.05) is 0 Å². The van der Waals surface area contributed by atoms with E-state index in [4.69, 9.17) is 16.7 Å². The fraction of sp³-hybridized carbons (Fsp3) is 0.273. The van der Waals surface area contributed by atoms with Crippen LogP contribution in [0.15, 0.2) is 12.3 Å². The van der Waals surface area contributed by atoms with Gasteiger partial charge in [-0.3, -0.25) is 0 Å². The minimum atomic E-state index is -1.11. The maximum absolute atomic E-state index is 14.0. The van der Waals surface area contributed by atoms with E-state index >= 15 is 0 Å². The number of nitrogens with zero attached hydrogens (tertiary/aromatic N) is 5. The summed E-state index contributed by atoms with van der Waals surface area (Å²) in [4.78, 5) is 15.5. The largest absolute Gasteiger partial charge is 0.465 e. The third kappa shape index (κ3) is 2.55.